The summed E-state index contributed by atoms with van der Waals surface area (Å²) in [5.74, 6) is -0.788. The Labute approximate surface area is 95.1 Å². The molecule has 1 aliphatic carbocycles. The van der Waals surface area contributed by atoms with Crippen LogP contribution in [-0.2, 0) is 19.3 Å². The summed E-state index contributed by atoms with van der Waals surface area (Å²) in [5, 5.41) is 0. The Morgan fingerprint density at radius 2 is 2.25 bits per heavy atom. The lowest BCUT2D eigenvalue weighted by atomic mass is 10.2. The summed E-state index contributed by atoms with van der Waals surface area (Å²) in [5.41, 5.74) is 4.75. The molecule has 16 heavy (non-hydrogen) atoms. The van der Waals surface area contributed by atoms with E-state index in [-0.39, 0.29) is 6.42 Å². The molecule has 92 valence electrons. The quantitative estimate of drug-likeness (QED) is 0.635. The third-order valence-electron chi connectivity index (χ3n) is 2.25. The molecule has 0 spiro atoms. The van der Waals surface area contributed by atoms with E-state index in [2.05, 4.69) is 6.58 Å². The Balaban J connectivity index is 2.52. The molecule has 1 rings (SSSR count). The first-order valence-electron chi connectivity index (χ1n) is 4.92. The van der Waals surface area contributed by atoms with Gasteiger partial charge in [-0.05, 0) is 26.2 Å². The standard InChI is InChI=1S/C9H16N2O4S/c1-3-4-7(10)8(12)11-16(13,14)15-9(2)5-6-9/h3,7H,1,4-6,10H2,2H3,(H,11,12). The molecule has 1 unspecified atom stereocenters. The van der Waals surface area contributed by atoms with Gasteiger partial charge in [-0.1, -0.05) is 6.08 Å². The Kier molecular flexibility index (Phi) is 3.72. The average molecular weight is 248 g/mol. The molecule has 0 aromatic rings. The molecule has 1 amide bonds. The molecule has 0 heterocycles. The number of nitrogens with one attached hydrogen (secondary N) is 1. The smallest absolute Gasteiger partial charge is 0.320 e. The Bertz CT molecular complexity index is 386. The van der Waals surface area contributed by atoms with E-state index < -0.39 is 27.9 Å². The van der Waals surface area contributed by atoms with Gasteiger partial charge in [0.25, 0.3) is 5.91 Å². The van der Waals surface area contributed by atoms with Crippen LogP contribution in [0.5, 0.6) is 0 Å². The Morgan fingerprint density at radius 1 is 1.69 bits per heavy atom. The first kappa shape index (κ1) is 13.1. The Morgan fingerprint density at radius 3 is 2.69 bits per heavy atom. The summed E-state index contributed by atoms with van der Waals surface area (Å²) >= 11 is 0. The van der Waals surface area contributed by atoms with Crippen LogP contribution in [0.4, 0.5) is 0 Å². The fourth-order valence-electron chi connectivity index (χ4n) is 1.03. The first-order valence-corrected chi connectivity index (χ1v) is 6.32. The zero-order chi connectivity index (χ0) is 12.4. The second-order valence-electron chi connectivity index (χ2n) is 4.08. The second-order valence-corrected chi connectivity index (χ2v) is 5.36. The summed E-state index contributed by atoms with van der Waals surface area (Å²) in [6.45, 7) is 5.08. The molecule has 1 fully saturated rings. The van der Waals surface area contributed by atoms with Crippen LogP contribution < -0.4 is 10.5 Å². The summed E-state index contributed by atoms with van der Waals surface area (Å²) in [4.78, 5) is 11.3. The largest absolute Gasteiger partial charge is 0.362 e. The van der Waals surface area contributed by atoms with Crippen LogP contribution in [0.25, 0.3) is 0 Å². The van der Waals surface area contributed by atoms with Gasteiger partial charge in [0.05, 0.1) is 11.6 Å². The molecule has 0 aromatic carbocycles. The highest BCUT2D eigenvalue weighted by atomic mass is 32.2. The van der Waals surface area contributed by atoms with Crippen LogP contribution in [0.1, 0.15) is 26.2 Å². The Hall–Kier alpha value is -0.920. The number of nitrogens with two attached hydrogens (primary N) is 1. The molecular formula is C9H16N2O4S. The van der Waals surface area contributed by atoms with Gasteiger partial charge in [-0.3, -0.25) is 4.79 Å². The van der Waals surface area contributed by atoms with Gasteiger partial charge in [-0.15, -0.1) is 6.58 Å². The topological polar surface area (TPSA) is 98.5 Å². The minimum atomic E-state index is -4.05. The highest BCUT2D eigenvalue weighted by Gasteiger charge is 2.43. The van der Waals surface area contributed by atoms with Gasteiger partial charge < -0.3 is 5.73 Å². The van der Waals surface area contributed by atoms with Gasteiger partial charge >= 0.3 is 10.3 Å². The average Bonchev–Trinajstić information content (AvgIpc) is 2.81. The van der Waals surface area contributed by atoms with Crippen LogP contribution >= 0.6 is 0 Å². The summed E-state index contributed by atoms with van der Waals surface area (Å²) in [6.07, 6.45) is 2.99. The van der Waals surface area contributed by atoms with E-state index in [0.717, 1.165) is 0 Å². The van der Waals surface area contributed by atoms with Crippen molar-refractivity contribution < 1.29 is 17.4 Å². The maximum atomic E-state index is 11.4. The highest BCUT2D eigenvalue weighted by Crippen LogP contribution is 2.39. The maximum absolute atomic E-state index is 11.4. The summed E-state index contributed by atoms with van der Waals surface area (Å²) in [6, 6.07) is -0.928. The minimum Gasteiger partial charge on any atom is -0.320 e. The van der Waals surface area contributed by atoms with E-state index in [0.29, 0.717) is 12.8 Å². The van der Waals surface area contributed by atoms with Crippen molar-refractivity contribution in [1.29, 1.82) is 0 Å². The molecule has 1 aliphatic rings. The van der Waals surface area contributed by atoms with Gasteiger partial charge in [0.15, 0.2) is 0 Å². The van der Waals surface area contributed by atoms with Crippen LogP contribution in [0.2, 0.25) is 0 Å². The lowest BCUT2D eigenvalue weighted by Crippen LogP contribution is -2.44. The molecule has 0 aromatic heterocycles. The van der Waals surface area contributed by atoms with Gasteiger partial charge in [-0.2, -0.15) is 8.42 Å². The van der Waals surface area contributed by atoms with Gasteiger partial charge in [0.1, 0.15) is 0 Å². The van der Waals surface area contributed by atoms with E-state index in [9.17, 15) is 13.2 Å². The maximum Gasteiger partial charge on any atom is 0.362 e. The zero-order valence-corrected chi connectivity index (χ0v) is 9.92. The lowest BCUT2D eigenvalue weighted by molar-refractivity contribution is -0.120. The predicted octanol–water partition coefficient (Wildman–Crippen LogP) is -0.180. The number of hydrogen-bond donors (Lipinski definition) is 2. The van der Waals surface area contributed by atoms with Crippen molar-refractivity contribution in [2.45, 2.75) is 37.8 Å². The fourth-order valence-corrected chi connectivity index (χ4v) is 2.17. The normalized spacial score (nSPS) is 19.9. The summed E-state index contributed by atoms with van der Waals surface area (Å²) in [7, 11) is -4.05. The van der Waals surface area contributed by atoms with Crippen molar-refractivity contribution in [3.63, 3.8) is 0 Å². The number of carbonyl (C=O) groups excluding carboxylic acids is 1. The third kappa shape index (κ3) is 3.92. The van der Waals surface area contributed by atoms with Crippen molar-refractivity contribution in [3.8, 4) is 0 Å². The number of amides is 1. The van der Waals surface area contributed by atoms with E-state index in [1.807, 2.05) is 0 Å². The molecule has 0 saturated heterocycles. The number of carbonyl (C=O) groups is 1. The van der Waals surface area contributed by atoms with Crippen molar-refractivity contribution in [1.82, 2.24) is 4.72 Å². The third-order valence-corrected chi connectivity index (χ3v) is 3.32. The second kappa shape index (κ2) is 4.52. The predicted molar refractivity (Wildman–Crippen MR) is 58.6 cm³/mol. The van der Waals surface area contributed by atoms with Gasteiger partial charge in [0.2, 0.25) is 0 Å². The minimum absolute atomic E-state index is 0.207. The number of hydrogen-bond acceptors (Lipinski definition) is 5. The molecule has 1 atom stereocenters. The van der Waals surface area contributed by atoms with E-state index in [1.54, 1.807) is 11.6 Å². The van der Waals surface area contributed by atoms with Crippen LogP contribution in [0.15, 0.2) is 12.7 Å². The van der Waals surface area contributed by atoms with Crippen molar-refractivity contribution >= 4 is 16.2 Å². The molecule has 0 bridgehead atoms. The molecule has 3 N–H and O–H groups in total. The van der Waals surface area contributed by atoms with E-state index in [4.69, 9.17) is 9.92 Å². The zero-order valence-electron chi connectivity index (χ0n) is 9.10. The van der Waals surface area contributed by atoms with Crippen molar-refractivity contribution in [2.24, 2.45) is 5.73 Å². The molecule has 7 heteroatoms. The van der Waals surface area contributed by atoms with Crippen molar-refractivity contribution in [3.05, 3.63) is 12.7 Å². The SMILES string of the molecule is C=CCC(N)C(=O)NS(=O)(=O)OC1(C)CC1. The highest BCUT2D eigenvalue weighted by molar-refractivity contribution is 7.85. The van der Waals surface area contributed by atoms with Crippen LogP contribution in [0, 0.1) is 0 Å². The van der Waals surface area contributed by atoms with Crippen molar-refractivity contribution in [2.75, 3.05) is 0 Å². The van der Waals surface area contributed by atoms with E-state index >= 15 is 0 Å². The van der Waals surface area contributed by atoms with Gasteiger partial charge in [0, 0.05) is 0 Å². The molecule has 0 radical (unpaired) electrons. The fraction of sp³-hybridized carbons (Fsp3) is 0.667. The number of rotatable bonds is 6. The molecular weight excluding hydrogens is 232 g/mol. The molecule has 0 aliphatic heterocycles. The van der Waals surface area contributed by atoms with E-state index in [1.165, 1.54) is 6.08 Å². The monoisotopic (exact) mass is 248 g/mol. The first-order chi connectivity index (χ1) is 7.28. The summed E-state index contributed by atoms with van der Waals surface area (Å²) < 4.78 is 29.3. The molecule has 6 nitrogen and oxygen atoms in total. The van der Waals surface area contributed by atoms with Gasteiger partial charge in [-0.25, -0.2) is 8.91 Å². The van der Waals surface area contributed by atoms with Crippen LogP contribution in [-0.4, -0.2) is 26.0 Å². The van der Waals surface area contributed by atoms with Crippen LogP contribution in [0.3, 0.4) is 0 Å². The lowest BCUT2D eigenvalue weighted by Gasteiger charge is -2.13. The molecule has 1 saturated carbocycles.